The minimum Gasteiger partial charge on any atom is -0.361 e. The molecule has 0 fully saturated rings. The second kappa shape index (κ2) is 4.64. The topological polar surface area (TPSA) is 84.7 Å². The van der Waals surface area contributed by atoms with Gasteiger partial charge in [0, 0.05) is 23.9 Å². The van der Waals surface area contributed by atoms with Gasteiger partial charge in [0.2, 0.25) is 5.56 Å². The van der Waals surface area contributed by atoms with Crippen LogP contribution in [-0.2, 0) is 12.8 Å². The average molecular weight is 256 g/mol. The lowest BCUT2D eigenvalue weighted by Crippen LogP contribution is -2.06. The molecule has 19 heavy (non-hydrogen) atoms. The van der Waals surface area contributed by atoms with E-state index < -0.39 is 0 Å². The molecule has 3 heterocycles. The molecule has 6 nitrogen and oxygen atoms in total. The highest BCUT2D eigenvalue weighted by molar-refractivity contribution is 5.76. The van der Waals surface area contributed by atoms with Crippen molar-refractivity contribution >= 4 is 11.0 Å². The van der Waals surface area contributed by atoms with Crippen molar-refractivity contribution in [3.05, 3.63) is 52.0 Å². The standard InChI is InChI=1S/C13H12N4O2/c1-8-6-9(19-17-8)2-4-11-10-3-5-12(18)16-13(10)15-7-14-11/h3,5-7H,2,4H2,1H3,(H,14,15,16,18). The van der Waals surface area contributed by atoms with Crippen LogP contribution in [0.1, 0.15) is 17.1 Å². The molecule has 3 aromatic rings. The summed E-state index contributed by atoms with van der Waals surface area (Å²) in [5.74, 6) is 0.827. The molecule has 0 amide bonds. The lowest BCUT2D eigenvalue weighted by Gasteiger charge is -2.02. The molecule has 0 saturated carbocycles. The van der Waals surface area contributed by atoms with Gasteiger partial charge in [-0.3, -0.25) is 4.79 Å². The van der Waals surface area contributed by atoms with Crippen LogP contribution in [0.5, 0.6) is 0 Å². The summed E-state index contributed by atoms with van der Waals surface area (Å²) in [4.78, 5) is 22.3. The van der Waals surface area contributed by atoms with E-state index in [-0.39, 0.29) is 5.56 Å². The van der Waals surface area contributed by atoms with Crippen molar-refractivity contribution in [1.29, 1.82) is 0 Å². The zero-order chi connectivity index (χ0) is 13.2. The number of fused-ring (bicyclic) bond motifs is 1. The van der Waals surface area contributed by atoms with Crippen LogP contribution < -0.4 is 5.56 Å². The smallest absolute Gasteiger partial charge is 0.249 e. The first-order valence-corrected chi connectivity index (χ1v) is 5.97. The van der Waals surface area contributed by atoms with Gasteiger partial charge >= 0.3 is 0 Å². The van der Waals surface area contributed by atoms with Crippen LogP contribution in [0.2, 0.25) is 0 Å². The van der Waals surface area contributed by atoms with Crippen molar-refractivity contribution in [3.8, 4) is 0 Å². The van der Waals surface area contributed by atoms with Crippen molar-refractivity contribution in [2.75, 3.05) is 0 Å². The minimum absolute atomic E-state index is 0.164. The largest absolute Gasteiger partial charge is 0.361 e. The fourth-order valence-corrected chi connectivity index (χ4v) is 2.00. The number of pyridine rings is 1. The summed E-state index contributed by atoms with van der Waals surface area (Å²) >= 11 is 0. The molecule has 0 aromatic carbocycles. The highest BCUT2D eigenvalue weighted by atomic mass is 16.5. The third kappa shape index (κ3) is 2.37. The summed E-state index contributed by atoms with van der Waals surface area (Å²) in [6.07, 6.45) is 2.88. The van der Waals surface area contributed by atoms with Crippen LogP contribution in [0.25, 0.3) is 11.0 Å². The van der Waals surface area contributed by atoms with Crippen molar-refractivity contribution in [2.24, 2.45) is 0 Å². The van der Waals surface area contributed by atoms with Crippen molar-refractivity contribution < 1.29 is 4.52 Å². The Bertz CT molecular complexity index is 775. The van der Waals surface area contributed by atoms with Gasteiger partial charge in [-0.05, 0) is 19.4 Å². The van der Waals surface area contributed by atoms with Crippen molar-refractivity contribution in [2.45, 2.75) is 19.8 Å². The molecule has 0 atom stereocenters. The van der Waals surface area contributed by atoms with Crippen LogP contribution in [-0.4, -0.2) is 20.1 Å². The molecule has 0 spiro atoms. The van der Waals surface area contributed by atoms with Crippen LogP contribution in [0, 0.1) is 6.92 Å². The summed E-state index contributed by atoms with van der Waals surface area (Å²) in [7, 11) is 0. The SMILES string of the molecule is Cc1cc(CCc2ncnc3[nH]c(=O)ccc23)on1. The fraction of sp³-hybridized carbons (Fsp3) is 0.231. The fourth-order valence-electron chi connectivity index (χ4n) is 2.00. The van der Waals surface area contributed by atoms with Gasteiger partial charge in [0.15, 0.2) is 0 Å². The first kappa shape index (κ1) is 11.6. The lowest BCUT2D eigenvalue weighted by atomic mass is 10.1. The molecule has 3 rings (SSSR count). The third-order valence-corrected chi connectivity index (χ3v) is 2.89. The molecule has 0 unspecified atom stereocenters. The Labute approximate surface area is 108 Å². The van der Waals surface area contributed by atoms with Gasteiger partial charge < -0.3 is 9.51 Å². The number of rotatable bonds is 3. The second-order valence-electron chi connectivity index (χ2n) is 4.34. The molecular weight excluding hydrogens is 244 g/mol. The summed E-state index contributed by atoms with van der Waals surface area (Å²) in [6, 6.07) is 5.13. The lowest BCUT2D eigenvalue weighted by molar-refractivity contribution is 0.379. The van der Waals surface area contributed by atoms with E-state index in [9.17, 15) is 4.79 Å². The van der Waals surface area contributed by atoms with Gasteiger partial charge in [-0.1, -0.05) is 5.16 Å². The van der Waals surface area contributed by atoms with E-state index in [1.165, 1.54) is 12.4 Å². The normalized spacial score (nSPS) is 11.0. The van der Waals surface area contributed by atoms with E-state index in [1.807, 2.05) is 13.0 Å². The van der Waals surface area contributed by atoms with E-state index in [4.69, 9.17) is 4.52 Å². The first-order chi connectivity index (χ1) is 9.22. The summed E-state index contributed by atoms with van der Waals surface area (Å²) in [6.45, 7) is 1.89. The van der Waals surface area contributed by atoms with E-state index >= 15 is 0 Å². The Hall–Kier alpha value is -2.50. The van der Waals surface area contributed by atoms with E-state index in [2.05, 4.69) is 20.1 Å². The Morgan fingerprint density at radius 1 is 1.26 bits per heavy atom. The minimum atomic E-state index is -0.164. The molecule has 0 radical (unpaired) electrons. The van der Waals surface area contributed by atoms with Crippen LogP contribution in [0.15, 0.2) is 33.8 Å². The Morgan fingerprint density at radius 2 is 2.16 bits per heavy atom. The molecule has 3 aromatic heterocycles. The van der Waals surface area contributed by atoms with Crippen LogP contribution >= 0.6 is 0 Å². The van der Waals surface area contributed by atoms with Crippen LogP contribution in [0.4, 0.5) is 0 Å². The molecule has 0 aliphatic carbocycles. The molecule has 0 aliphatic heterocycles. The summed E-state index contributed by atoms with van der Waals surface area (Å²) < 4.78 is 5.17. The zero-order valence-electron chi connectivity index (χ0n) is 10.4. The molecule has 1 N–H and O–H groups in total. The number of nitrogens with one attached hydrogen (secondary N) is 1. The molecule has 0 bridgehead atoms. The van der Waals surface area contributed by atoms with Crippen LogP contribution in [0.3, 0.4) is 0 Å². The van der Waals surface area contributed by atoms with Gasteiger partial charge in [-0.25, -0.2) is 9.97 Å². The number of aryl methyl sites for hydroxylation is 3. The Morgan fingerprint density at radius 3 is 2.95 bits per heavy atom. The van der Waals surface area contributed by atoms with Crippen molar-refractivity contribution in [3.63, 3.8) is 0 Å². The molecular formula is C13H12N4O2. The van der Waals surface area contributed by atoms with E-state index in [0.717, 1.165) is 22.5 Å². The first-order valence-electron chi connectivity index (χ1n) is 5.97. The van der Waals surface area contributed by atoms with Gasteiger partial charge in [0.1, 0.15) is 17.7 Å². The highest BCUT2D eigenvalue weighted by Gasteiger charge is 2.07. The quantitative estimate of drug-likeness (QED) is 0.765. The number of aromatic amines is 1. The van der Waals surface area contributed by atoms with Gasteiger partial charge in [0.05, 0.1) is 11.4 Å². The number of nitrogens with zero attached hydrogens (tertiary/aromatic N) is 3. The number of aromatic nitrogens is 4. The average Bonchev–Trinajstić information content (AvgIpc) is 2.81. The number of hydrogen-bond acceptors (Lipinski definition) is 5. The number of H-pyrrole nitrogens is 1. The maximum atomic E-state index is 11.2. The molecule has 0 saturated heterocycles. The maximum Gasteiger partial charge on any atom is 0.249 e. The highest BCUT2D eigenvalue weighted by Crippen LogP contribution is 2.13. The van der Waals surface area contributed by atoms with E-state index in [0.29, 0.717) is 18.5 Å². The molecule has 6 heteroatoms. The summed E-state index contributed by atoms with van der Waals surface area (Å²) in [5.41, 5.74) is 2.15. The van der Waals surface area contributed by atoms with Gasteiger partial charge in [-0.2, -0.15) is 0 Å². The Kier molecular flexibility index (Phi) is 2.83. The van der Waals surface area contributed by atoms with Gasteiger partial charge in [-0.15, -0.1) is 0 Å². The predicted molar refractivity (Wildman–Crippen MR) is 68.8 cm³/mol. The van der Waals surface area contributed by atoms with Crippen molar-refractivity contribution in [1.82, 2.24) is 20.1 Å². The summed E-state index contributed by atoms with van der Waals surface area (Å²) in [5, 5.41) is 4.71. The number of hydrogen-bond donors (Lipinski definition) is 1. The Balaban J connectivity index is 1.90. The maximum absolute atomic E-state index is 11.2. The monoisotopic (exact) mass is 256 g/mol. The predicted octanol–water partition coefficient (Wildman–Crippen LogP) is 1.40. The second-order valence-corrected chi connectivity index (χ2v) is 4.34. The van der Waals surface area contributed by atoms with Gasteiger partial charge in [0.25, 0.3) is 0 Å². The molecule has 96 valence electrons. The zero-order valence-corrected chi connectivity index (χ0v) is 10.4. The third-order valence-electron chi connectivity index (χ3n) is 2.89. The van der Waals surface area contributed by atoms with E-state index in [1.54, 1.807) is 6.07 Å². The molecule has 0 aliphatic rings.